The summed E-state index contributed by atoms with van der Waals surface area (Å²) in [7, 11) is 1.51. The van der Waals surface area contributed by atoms with E-state index in [0.29, 0.717) is 17.1 Å². The van der Waals surface area contributed by atoms with Crippen molar-refractivity contribution in [3.8, 4) is 11.5 Å². The van der Waals surface area contributed by atoms with Crippen LogP contribution in [0.4, 0.5) is 5.00 Å². The zero-order valence-electron chi connectivity index (χ0n) is 20.4. The number of methoxy groups -OCH3 is 1. The van der Waals surface area contributed by atoms with Gasteiger partial charge in [0.25, 0.3) is 5.91 Å². The van der Waals surface area contributed by atoms with E-state index in [-0.39, 0.29) is 17.4 Å². The minimum Gasteiger partial charge on any atom is -0.493 e. The summed E-state index contributed by atoms with van der Waals surface area (Å²) in [6, 6.07) is 8.39. The molecular formula is C27H30N2O5S. The zero-order valence-corrected chi connectivity index (χ0v) is 21.2. The van der Waals surface area contributed by atoms with E-state index < -0.39 is 12.1 Å². The number of anilines is 1. The Bertz CT molecular complexity index is 1260. The number of carbonyl (C=O) groups excluding carboxylic acids is 2. The summed E-state index contributed by atoms with van der Waals surface area (Å²) in [5.41, 5.74) is 3.09. The fraction of sp³-hybridized carbons (Fsp3) is 0.407. The summed E-state index contributed by atoms with van der Waals surface area (Å²) in [6.07, 6.45) is 5.23. The highest BCUT2D eigenvalue weighted by Gasteiger charge is 2.37. The zero-order chi connectivity index (χ0) is 24.7. The first kappa shape index (κ1) is 23.5. The molecule has 1 aliphatic heterocycles. The second-order valence-corrected chi connectivity index (χ2v) is 10.9. The lowest BCUT2D eigenvalue weighted by Crippen LogP contribution is -2.38. The van der Waals surface area contributed by atoms with E-state index in [2.05, 4.69) is 31.4 Å². The number of furan rings is 1. The second-order valence-electron chi connectivity index (χ2n) is 9.82. The summed E-state index contributed by atoms with van der Waals surface area (Å²) in [4.78, 5) is 26.8. The van der Waals surface area contributed by atoms with E-state index in [0.717, 1.165) is 41.8 Å². The van der Waals surface area contributed by atoms with Crippen LogP contribution in [-0.4, -0.2) is 19.0 Å². The highest BCUT2D eigenvalue weighted by Crippen LogP contribution is 2.47. The van der Waals surface area contributed by atoms with Crippen molar-refractivity contribution in [3.05, 3.63) is 63.9 Å². The van der Waals surface area contributed by atoms with Crippen LogP contribution >= 0.6 is 11.3 Å². The second kappa shape index (κ2) is 9.07. The Kier molecular flexibility index (Phi) is 6.09. The molecule has 2 N–H and O–H groups in total. The quantitative estimate of drug-likeness (QED) is 0.324. The van der Waals surface area contributed by atoms with Crippen molar-refractivity contribution < 1.29 is 23.5 Å². The van der Waals surface area contributed by atoms with E-state index in [1.807, 2.05) is 6.07 Å². The third-order valence-corrected chi connectivity index (χ3v) is 8.69. The van der Waals surface area contributed by atoms with Gasteiger partial charge in [0, 0.05) is 4.88 Å². The van der Waals surface area contributed by atoms with Crippen LogP contribution in [0, 0.1) is 11.3 Å². The van der Waals surface area contributed by atoms with Gasteiger partial charge < -0.3 is 24.5 Å². The maximum Gasteiger partial charge on any atom is 0.379 e. The Morgan fingerprint density at radius 2 is 2.06 bits per heavy atom. The van der Waals surface area contributed by atoms with Gasteiger partial charge in [0.05, 0.1) is 18.9 Å². The number of esters is 1. The van der Waals surface area contributed by atoms with Crippen LogP contribution in [-0.2, 0) is 12.8 Å². The van der Waals surface area contributed by atoms with Crippen LogP contribution in [0.1, 0.15) is 76.7 Å². The molecule has 1 aliphatic carbocycles. The first-order chi connectivity index (χ1) is 16.8. The summed E-state index contributed by atoms with van der Waals surface area (Å²) in [5.74, 6) is 0.733. The molecular weight excluding hydrogens is 464 g/mol. The average Bonchev–Trinajstić information content (AvgIpc) is 3.52. The van der Waals surface area contributed by atoms with E-state index in [1.165, 1.54) is 29.9 Å². The topological polar surface area (TPSA) is 89.8 Å². The summed E-state index contributed by atoms with van der Waals surface area (Å²) in [5, 5.41) is 7.52. The minimum absolute atomic E-state index is 0.0539. The molecule has 5 rings (SSSR count). The maximum atomic E-state index is 13.2. The van der Waals surface area contributed by atoms with E-state index >= 15 is 0 Å². The predicted octanol–water partition coefficient (Wildman–Crippen LogP) is 5.96. The molecule has 35 heavy (non-hydrogen) atoms. The van der Waals surface area contributed by atoms with Gasteiger partial charge in [0.1, 0.15) is 11.2 Å². The SMILES string of the molecule is CCC(C)(C)[C@H]1CCc2c(sc3c2C(=O)N[C@H](c2ccc(OC(=O)c4ccco4)c(OC)c2)N3)C1. The van der Waals surface area contributed by atoms with Crippen molar-refractivity contribution in [2.75, 3.05) is 12.4 Å². The fourth-order valence-corrected chi connectivity index (χ4v) is 6.27. The summed E-state index contributed by atoms with van der Waals surface area (Å²) < 4.78 is 16.0. The van der Waals surface area contributed by atoms with Crippen LogP contribution < -0.4 is 20.1 Å². The van der Waals surface area contributed by atoms with Gasteiger partial charge in [-0.3, -0.25) is 4.79 Å². The molecule has 0 saturated heterocycles. The first-order valence-corrected chi connectivity index (χ1v) is 12.8. The number of benzene rings is 1. The van der Waals surface area contributed by atoms with Gasteiger partial charge >= 0.3 is 5.97 Å². The smallest absolute Gasteiger partial charge is 0.379 e. The highest BCUT2D eigenvalue weighted by atomic mass is 32.1. The van der Waals surface area contributed by atoms with E-state index in [1.54, 1.807) is 29.5 Å². The molecule has 2 aromatic heterocycles. The van der Waals surface area contributed by atoms with Gasteiger partial charge in [0.2, 0.25) is 5.76 Å². The number of carbonyl (C=O) groups is 2. The number of hydrogen-bond acceptors (Lipinski definition) is 7. The van der Waals surface area contributed by atoms with Gasteiger partial charge in [-0.25, -0.2) is 4.79 Å². The Labute approximate surface area is 208 Å². The number of fused-ring (bicyclic) bond motifs is 3. The molecule has 0 saturated carbocycles. The van der Waals surface area contributed by atoms with Crippen LogP contribution in [0.3, 0.4) is 0 Å². The normalized spacial score (nSPS) is 19.3. The fourth-order valence-electron chi connectivity index (χ4n) is 4.91. The third kappa shape index (κ3) is 4.31. The van der Waals surface area contributed by atoms with Gasteiger partial charge in [-0.2, -0.15) is 0 Å². The van der Waals surface area contributed by atoms with Crippen molar-refractivity contribution in [1.82, 2.24) is 5.32 Å². The molecule has 1 aromatic carbocycles. The first-order valence-electron chi connectivity index (χ1n) is 12.0. The molecule has 184 valence electrons. The molecule has 2 atom stereocenters. The Hall–Kier alpha value is -3.26. The van der Waals surface area contributed by atoms with Crippen molar-refractivity contribution >= 4 is 28.2 Å². The predicted molar refractivity (Wildman–Crippen MR) is 134 cm³/mol. The van der Waals surface area contributed by atoms with Crippen molar-refractivity contribution in [1.29, 1.82) is 0 Å². The molecule has 7 nitrogen and oxygen atoms in total. The van der Waals surface area contributed by atoms with Crippen molar-refractivity contribution in [2.45, 2.75) is 52.6 Å². The molecule has 3 aromatic rings. The molecule has 0 unspecified atom stereocenters. The maximum absolute atomic E-state index is 13.2. The van der Waals surface area contributed by atoms with Crippen LogP contribution in [0.2, 0.25) is 0 Å². The van der Waals surface area contributed by atoms with Crippen LogP contribution in [0.25, 0.3) is 0 Å². The molecule has 3 heterocycles. The van der Waals surface area contributed by atoms with Gasteiger partial charge in [0.15, 0.2) is 11.5 Å². The Morgan fingerprint density at radius 1 is 1.23 bits per heavy atom. The lowest BCUT2D eigenvalue weighted by molar-refractivity contribution is 0.0696. The van der Waals surface area contributed by atoms with Crippen molar-refractivity contribution in [3.63, 3.8) is 0 Å². The van der Waals surface area contributed by atoms with Crippen molar-refractivity contribution in [2.24, 2.45) is 11.3 Å². The lowest BCUT2D eigenvalue weighted by Gasteiger charge is -2.36. The monoisotopic (exact) mass is 494 g/mol. The van der Waals surface area contributed by atoms with Crippen LogP contribution in [0.15, 0.2) is 41.0 Å². The number of hydrogen-bond donors (Lipinski definition) is 2. The molecule has 0 bridgehead atoms. The number of thiophene rings is 1. The number of amides is 1. The van der Waals surface area contributed by atoms with Gasteiger partial charge in [-0.05, 0) is 66.0 Å². The molecule has 0 spiro atoms. The molecule has 1 amide bonds. The molecule has 8 heteroatoms. The number of ether oxygens (including phenoxy) is 2. The minimum atomic E-state index is -0.608. The Balaban J connectivity index is 1.37. The van der Waals surface area contributed by atoms with Crippen LogP contribution in [0.5, 0.6) is 11.5 Å². The van der Waals surface area contributed by atoms with E-state index in [4.69, 9.17) is 13.9 Å². The molecule has 0 fully saturated rings. The number of rotatable bonds is 6. The third-order valence-electron chi connectivity index (χ3n) is 7.51. The Morgan fingerprint density at radius 3 is 2.77 bits per heavy atom. The van der Waals surface area contributed by atoms with Gasteiger partial charge in [-0.15, -0.1) is 11.3 Å². The molecule has 0 radical (unpaired) electrons. The van der Waals surface area contributed by atoms with E-state index in [9.17, 15) is 9.59 Å². The lowest BCUT2D eigenvalue weighted by atomic mass is 9.69. The largest absolute Gasteiger partial charge is 0.493 e. The average molecular weight is 495 g/mol. The molecule has 2 aliphatic rings. The summed E-state index contributed by atoms with van der Waals surface area (Å²) >= 11 is 1.71. The number of nitrogens with one attached hydrogen (secondary N) is 2. The summed E-state index contributed by atoms with van der Waals surface area (Å²) in [6.45, 7) is 6.95. The standard InChI is InChI=1S/C27H30N2O5S/c1-5-27(2,3)16-9-10-17-21(14-16)35-25-22(17)24(30)28-23(29-25)15-8-11-18(20(13-15)32-4)34-26(31)19-7-6-12-33-19/h6-8,11-13,16,23,29H,5,9-10,14H2,1-4H3,(H,28,30)/t16-,23-/m0/s1. The van der Waals surface area contributed by atoms with Gasteiger partial charge in [-0.1, -0.05) is 33.3 Å². The highest BCUT2D eigenvalue weighted by molar-refractivity contribution is 7.16.